The standard InChI is InChI=1S/C24H27N3O4S.C2H3ClO/c1-3-4-13-27-24(29)22(23(32(27,30)31)18-8-6-5-7-9-18)25-21-11-10-20-16-26(17(2)28)14-12-19(20)15-21;1-2(3)4/h5-11,15,25H,3-4,12-14,16H2,1-2H3;1H3. The number of hydrogen-bond acceptors (Lipinski definition) is 6. The Hall–Kier alpha value is -3.17. The number of unbranched alkanes of at least 4 members (excludes halogenated alkanes) is 1. The minimum Gasteiger partial charge on any atom is -0.350 e. The van der Waals surface area contributed by atoms with E-state index in [0.29, 0.717) is 37.2 Å². The zero-order chi connectivity index (χ0) is 26.5. The molecule has 0 saturated carbocycles. The first-order valence-electron chi connectivity index (χ1n) is 11.7. The summed E-state index contributed by atoms with van der Waals surface area (Å²) in [4.78, 5) is 35.9. The third-order valence-electron chi connectivity index (χ3n) is 5.90. The Labute approximate surface area is 217 Å². The number of anilines is 1. The monoisotopic (exact) mass is 531 g/mol. The van der Waals surface area contributed by atoms with Gasteiger partial charge in [-0.1, -0.05) is 49.7 Å². The highest BCUT2D eigenvalue weighted by atomic mass is 35.5. The van der Waals surface area contributed by atoms with Gasteiger partial charge in [-0.3, -0.25) is 14.4 Å². The van der Waals surface area contributed by atoms with Crippen molar-refractivity contribution in [2.24, 2.45) is 0 Å². The van der Waals surface area contributed by atoms with Gasteiger partial charge in [0.1, 0.15) is 10.6 Å². The molecular weight excluding hydrogens is 502 g/mol. The second-order valence-electron chi connectivity index (χ2n) is 8.58. The first-order chi connectivity index (χ1) is 17.1. The molecule has 0 atom stereocenters. The van der Waals surface area contributed by atoms with Crippen molar-refractivity contribution in [1.29, 1.82) is 0 Å². The molecule has 4 rings (SSSR count). The van der Waals surface area contributed by atoms with Crippen LogP contribution in [-0.4, -0.2) is 47.8 Å². The zero-order valence-electron chi connectivity index (χ0n) is 20.6. The van der Waals surface area contributed by atoms with Gasteiger partial charge in [0.2, 0.25) is 11.1 Å². The average molecular weight is 532 g/mol. The van der Waals surface area contributed by atoms with E-state index in [9.17, 15) is 22.8 Å². The molecule has 2 aromatic carbocycles. The summed E-state index contributed by atoms with van der Waals surface area (Å²) >= 11 is 4.64. The molecular formula is C26H30ClN3O5S. The van der Waals surface area contributed by atoms with Gasteiger partial charge in [0, 0.05) is 39.2 Å². The Kier molecular flexibility index (Phi) is 8.92. The third-order valence-corrected chi connectivity index (χ3v) is 7.78. The molecule has 0 bridgehead atoms. The van der Waals surface area contributed by atoms with Crippen LogP contribution in [0.4, 0.5) is 5.69 Å². The van der Waals surface area contributed by atoms with Crippen LogP contribution in [0.2, 0.25) is 0 Å². The number of rotatable bonds is 6. The highest BCUT2D eigenvalue weighted by Gasteiger charge is 2.44. The number of nitrogens with zero attached hydrogens (tertiary/aromatic N) is 2. The summed E-state index contributed by atoms with van der Waals surface area (Å²) in [5, 5.41) is 2.75. The quantitative estimate of drug-likeness (QED) is 0.562. The number of fused-ring (bicyclic) bond motifs is 1. The normalized spacial score (nSPS) is 16.3. The topological polar surface area (TPSA) is 104 Å². The number of carbonyl (C=O) groups is 3. The van der Waals surface area contributed by atoms with E-state index in [-0.39, 0.29) is 28.3 Å². The summed E-state index contributed by atoms with van der Waals surface area (Å²) in [6.45, 7) is 6.17. The Morgan fingerprint density at radius 1 is 1.06 bits per heavy atom. The first kappa shape index (κ1) is 27.4. The lowest BCUT2D eigenvalue weighted by Crippen LogP contribution is -2.34. The van der Waals surface area contributed by atoms with Crippen LogP contribution in [0.3, 0.4) is 0 Å². The van der Waals surface area contributed by atoms with Crippen molar-refractivity contribution < 1.29 is 22.8 Å². The summed E-state index contributed by atoms with van der Waals surface area (Å²) in [6, 6.07) is 14.4. The zero-order valence-corrected chi connectivity index (χ0v) is 22.2. The van der Waals surface area contributed by atoms with Gasteiger partial charge < -0.3 is 10.2 Å². The van der Waals surface area contributed by atoms with E-state index in [4.69, 9.17) is 0 Å². The number of sulfonamides is 1. The molecule has 1 N–H and O–H groups in total. The molecule has 0 spiro atoms. The molecule has 0 saturated heterocycles. The van der Waals surface area contributed by atoms with E-state index in [0.717, 1.165) is 21.9 Å². The van der Waals surface area contributed by atoms with E-state index in [1.807, 2.05) is 31.2 Å². The van der Waals surface area contributed by atoms with Gasteiger partial charge >= 0.3 is 0 Å². The van der Waals surface area contributed by atoms with Gasteiger partial charge in [-0.05, 0) is 53.3 Å². The maximum Gasteiger partial charge on any atom is 0.285 e. The fourth-order valence-electron chi connectivity index (χ4n) is 4.13. The van der Waals surface area contributed by atoms with E-state index < -0.39 is 15.9 Å². The van der Waals surface area contributed by atoms with E-state index in [1.165, 1.54) is 6.92 Å². The van der Waals surface area contributed by atoms with E-state index in [1.54, 1.807) is 36.1 Å². The molecule has 2 heterocycles. The number of carbonyl (C=O) groups excluding carboxylic acids is 3. The van der Waals surface area contributed by atoms with Gasteiger partial charge in [-0.15, -0.1) is 0 Å². The molecule has 2 aliphatic heterocycles. The molecule has 8 nitrogen and oxygen atoms in total. The summed E-state index contributed by atoms with van der Waals surface area (Å²) in [5.74, 6) is -0.484. The van der Waals surface area contributed by atoms with Crippen molar-refractivity contribution in [3.63, 3.8) is 0 Å². The van der Waals surface area contributed by atoms with E-state index >= 15 is 0 Å². The lowest BCUT2D eigenvalue weighted by Gasteiger charge is -2.28. The lowest BCUT2D eigenvalue weighted by atomic mass is 9.99. The molecule has 2 amide bonds. The van der Waals surface area contributed by atoms with Crippen LogP contribution < -0.4 is 5.32 Å². The van der Waals surface area contributed by atoms with Gasteiger partial charge in [0.15, 0.2) is 0 Å². The minimum atomic E-state index is -3.95. The van der Waals surface area contributed by atoms with Gasteiger partial charge in [-0.25, -0.2) is 12.7 Å². The number of amides is 2. The molecule has 0 fully saturated rings. The largest absolute Gasteiger partial charge is 0.350 e. The highest BCUT2D eigenvalue weighted by molar-refractivity contribution is 7.99. The maximum atomic E-state index is 13.3. The lowest BCUT2D eigenvalue weighted by molar-refractivity contribution is -0.129. The van der Waals surface area contributed by atoms with Gasteiger partial charge in [0.25, 0.3) is 15.9 Å². The van der Waals surface area contributed by atoms with Crippen LogP contribution in [0.25, 0.3) is 4.91 Å². The average Bonchev–Trinajstić information content (AvgIpc) is 3.01. The van der Waals surface area contributed by atoms with Crippen molar-refractivity contribution in [3.8, 4) is 0 Å². The van der Waals surface area contributed by atoms with Crippen LogP contribution >= 0.6 is 11.6 Å². The van der Waals surface area contributed by atoms with Gasteiger partial charge in [0.05, 0.1) is 0 Å². The maximum absolute atomic E-state index is 13.3. The molecule has 192 valence electrons. The predicted molar refractivity (Wildman–Crippen MR) is 140 cm³/mol. The SMILES string of the molecule is CC(=O)Cl.CCCCN1C(=O)C(Nc2ccc3c(c2)CCN(C(C)=O)C3)=C(c2ccccc2)S1(=O)=O. The third kappa shape index (κ3) is 6.14. The second kappa shape index (κ2) is 11.7. The van der Waals surface area contributed by atoms with Crippen LogP contribution in [-0.2, 0) is 37.4 Å². The van der Waals surface area contributed by atoms with Gasteiger partial charge in [-0.2, -0.15) is 0 Å². The molecule has 2 aliphatic rings. The molecule has 10 heteroatoms. The predicted octanol–water partition coefficient (Wildman–Crippen LogP) is 4.12. The number of halogens is 1. The molecule has 0 aliphatic carbocycles. The van der Waals surface area contributed by atoms with Crippen LogP contribution in [0.1, 0.15) is 50.3 Å². The molecule has 2 aromatic rings. The van der Waals surface area contributed by atoms with Crippen molar-refractivity contribution in [3.05, 3.63) is 70.9 Å². The van der Waals surface area contributed by atoms with Crippen molar-refractivity contribution >= 4 is 49.3 Å². The van der Waals surface area contributed by atoms with Crippen molar-refractivity contribution in [1.82, 2.24) is 9.21 Å². The fourth-order valence-corrected chi connectivity index (χ4v) is 5.86. The fraction of sp³-hybridized carbons (Fsp3) is 0.346. The summed E-state index contributed by atoms with van der Waals surface area (Å²) in [5.41, 5.74) is 3.37. The Morgan fingerprint density at radius 2 is 1.72 bits per heavy atom. The summed E-state index contributed by atoms with van der Waals surface area (Å²) in [7, 11) is -3.95. The Bertz CT molecular complexity index is 1290. The number of hydrogen-bond donors (Lipinski definition) is 1. The Balaban J connectivity index is 0.000000840. The molecule has 36 heavy (non-hydrogen) atoms. The highest BCUT2D eigenvalue weighted by Crippen LogP contribution is 2.36. The number of benzene rings is 2. The van der Waals surface area contributed by atoms with Crippen LogP contribution in [0.15, 0.2) is 54.2 Å². The van der Waals surface area contributed by atoms with E-state index in [2.05, 4.69) is 16.9 Å². The Morgan fingerprint density at radius 3 is 2.33 bits per heavy atom. The van der Waals surface area contributed by atoms with Crippen molar-refractivity contribution in [2.45, 2.75) is 46.6 Å². The smallest absolute Gasteiger partial charge is 0.285 e. The minimum absolute atomic E-state index is 0.0136. The summed E-state index contributed by atoms with van der Waals surface area (Å²) < 4.78 is 27.6. The van der Waals surface area contributed by atoms with Crippen LogP contribution in [0.5, 0.6) is 0 Å². The number of nitrogens with one attached hydrogen (secondary N) is 1. The molecule has 0 unspecified atom stereocenters. The molecule has 0 aromatic heterocycles. The van der Waals surface area contributed by atoms with Crippen molar-refractivity contribution in [2.75, 3.05) is 18.4 Å². The molecule has 0 radical (unpaired) electrons. The van der Waals surface area contributed by atoms with Crippen LogP contribution in [0, 0.1) is 0 Å². The second-order valence-corrected chi connectivity index (χ2v) is 10.9. The first-order valence-corrected chi connectivity index (χ1v) is 13.5. The summed E-state index contributed by atoms with van der Waals surface area (Å²) in [6.07, 6.45) is 2.10.